The van der Waals surface area contributed by atoms with Gasteiger partial charge in [0.25, 0.3) is 20.2 Å². The van der Waals surface area contributed by atoms with Crippen molar-refractivity contribution in [3.8, 4) is 44.5 Å². The first-order valence-electron chi connectivity index (χ1n) is 20.1. The number of hydrogen-bond donors (Lipinski definition) is 4. The molecular weight excluding hydrogens is 821 g/mol. The van der Waals surface area contributed by atoms with Crippen LogP contribution in [0.2, 0.25) is 0 Å². The van der Waals surface area contributed by atoms with Crippen LogP contribution in [0, 0.1) is 0 Å². The molecule has 7 heterocycles. The van der Waals surface area contributed by atoms with Gasteiger partial charge in [0.1, 0.15) is 13.1 Å². The van der Waals surface area contributed by atoms with Gasteiger partial charge in [0.2, 0.25) is 0 Å². The fraction of sp³-hybridized carbons (Fsp3) is 0.125. The third kappa shape index (κ3) is 8.94. The van der Waals surface area contributed by atoms with E-state index in [1.807, 2.05) is 107 Å². The summed E-state index contributed by atoms with van der Waals surface area (Å²) < 4.78 is 67.8. The predicted molar refractivity (Wildman–Crippen MR) is 243 cm³/mol. The van der Waals surface area contributed by atoms with E-state index in [0.29, 0.717) is 13.1 Å². The van der Waals surface area contributed by atoms with Gasteiger partial charge >= 0.3 is 0 Å². The van der Waals surface area contributed by atoms with Crippen molar-refractivity contribution in [2.75, 3.05) is 11.5 Å². The first kappa shape index (κ1) is 40.6. The van der Waals surface area contributed by atoms with E-state index in [1.54, 1.807) is 0 Å². The quantitative estimate of drug-likeness (QED) is 0.0700. The molecule has 2 aliphatic rings. The van der Waals surface area contributed by atoms with Crippen molar-refractivity contribution in [3.63, 3.8) is 0 Å². The Morgan fingerprint density at radius 3 is 1.00 bits per heavy atom. The molecule has 0 aliphatic carbocycles. The van der Waals surface area contributed by atoms with Crippen molar-refractivity contribution >= 4 is 66.6 Å². The molecule has 0 unspecified atom stereocenters. The lowest BCUT2D eigenvalue weighted by molar-refractivity contribution is -0.696. The van der Waals surface area contributed by atoms with Crippen molar-refractivity contribution in [2.24, 2.45) is 0 Å². The number of rotatable bonds is 12. The summed E-state index contributed by atoms with van der Waals surface area (Å²) in [6.45, 7) is 0.810. The molecule has 2 aromatic carbocycles. The molecule has 0 spiro atoms. The van der Waals surface area contributed by atoms with Crippen LogP contribution in [0.25, 0.3) is 90.9 Å². The SMILES string of the molecule is O=S(=O)(O)CCC[n+]1ccc(-c2c3nc(c(-c4cc[n+](CCCS(=O)(=O)O)cc4)c4ccc([nH]4)c(-c4ccccc4)c4nc(c(-c5ccccc5)c5ccc2[nH]5)C=C4)C=C3)cc1. The maximum Gasteiger partial charge on any atom is 0.265 e. The van der Waals surface area contributed by atoms with E-state index in [0.717, 1.165) is 89.4 Å². The first-order valence-corrected chi connectivity index (χ1v) is 23.3. The smallest absolute Gasteiger partial charge is 0.265 e. The molecule has 2 aliphatic heterocycles. The molecule has 310 valence electrons. The van der Waals surface area contributed by atoms with Crippen LogP contribution in [0.15, 0.2) is 134 Å². The van der Waals surface area contributed by atoms with Gasteiger partial charge in [0, 0.05) is 81.4 Å². The molecular formula is C48H42N6O6S2+2. The van der Waals surface area contributed by atoms with E-state index in [-0.39, 0.29) is 24.3 Å². The number of aromatic amines is 2. The molecule has 0 saturated heterocycles. The second-order valence-corrected chi connectivity index (χ2v) is 18.3. The highest BCUT2D eigenvalue weighted by molar-refractivity contribution is 7.86. The molecule has 14 heteroatoms. The average Bonchev–Trinajstić information content (AvgIpc) is 4.10. The van der Waals surface area contributed by atoms with Gasteiger partial charge in [0.15, 0.2) is 24.8 Å². The van der Waals surface area contributed by atoms with Crippen LogP contribution < -0.4 is 9.13 Å². The summed E-state index contributed by atoms with van der Waals surface area (Å²) in [4.78, 5) is 18.2. The van der Waals surface area contributed by atoms with Crippen molar-refractivity contribution < 1.29 is 35.1 Å². The average molecular weight is 863 g/mol. The number of pyridine rings is 2. The van der Waals surface area contributed by atoms with Gasteiger partial charge in [-0.15, -0.1) is 0 Å². The number of nitrogens with zero attached hydrogens (tertiary/aromatic N) is 4. The summed E-state index contributed by atoms with van der Waals surface area (Å²) in [5.74, 6) is -0.653. The second kappa shape index (κ2) is 16.9. The molecule has 0 radical (unpaired) electrons. The number of nitrogens with one attached hydrogen (secondary N) is 2. The number of aryl methyl sites for hydroxylation is 2. The zero-order valence-electron chi connectivity index (χ0n) is 33.4. The maximum absolute atomic E-state index is 11.4. The molecule has 0 fully saturated rings. The fourth-order valence-corrected chi connectivity index (χ4v) is 9.02. The summed E-state index contributed by atoms with van der Waals surface area (Å²) in [6, 6.07) is 36.5. The molecule has 7 aromatic rings. The Hall–Kier alpha value is -6.84. The molecule has 5 aromatic heterocycles. The standard InChI is InChI=1S/C48H40N6O6S2/c55-61(56,57)31-7-25-53-27-21-35(22-28-53)47-41-17-15-39(50-41)45(33-9-3-1-4-10-33)37-13-14-38(49-37)46(34-11-5-2-6-12-34)40-16-18-42(51-40)48(44-20-19-43(47)52-44)36-23-29-54(30-24-36)26-8-32-62(58,59)60/h1-6,9-24,27-30H,7-8,25-26,31-32H2,(H2-,49,50,51,52,55,56,57,58,59,60)/p+2. The van der Waals surface area contributed by atoms with Crippen molar-refractivity contribution in [3.05, 3.63) is 157 Å². The van der Waals surface area contributed by atoms with Crippen molar-refractivity contribution in [1.29, 1.82) is 0 Å². The lowest BCUT2D eigenvalue weighted by Gasteiger charge is -2.07. The number of hydrogen-bond acceptors (Lipinski definition) is 6. The molecule has 0 saturated carbocycles. The summed E-state index contributed by atoms with van der Waals surface area (Å²) in [5.41, 5.74) is 13.7. The van der Waals surface area contributed by atoms with Gasteiger partial charge in [-0.2, -0.15) is 16.8 Å². The van der Waals surface area contributed by atoms with E-state index in [4.69, 9.17) is 9.97 Å². The minimum absolute atomic E-state index is 0.260. The van der Waals surface area contributed by atoms with E-state index >= 15 is 0 Å². The lowest BCUT2D eigenvalue weighted by Crippen LogP contribution is -2.33. The van der Waals surface area contributed by atoms with Gasteiger partial charge < -0.3 is 9.97 Å². The first-order chi connectivity index (χ1) is 30.0. The molecule has 4 N–H and O–H groups in total. The molecule has 9 rings (SSSR count). The Morgan fingerprint density at radius 1 is 0.419 bits per heavy atom. The minimum atomic E-state index is -4.07. The van der Waals surface area contributed by atoms with E-state index in [9.17, 15) is 25.9 Å². The Labute approximate surface area is 358 Å². The third-order valence-electron chi connectivity index (χ3n) is 10.9. The lowest BCUT2D eigenvalue weighted by atomic mass is 10.0. The molecule has 8 bridgehead atoms. The zero-order chi connectivity index (χ0) is 42.8. The van der Waals surface area contributed by atoms with Crippen molar-refractivity contribution in [1.82, 2.24) is 19.9 Å². The maximum atomic E-state index is 11.4. The number of fused-ring (bicyclic) bond motifs is 8. The zero-order valence-corrected chi connectivity index (χ0v) is 35.0. The minimum Gasteiger partial charge on any atom is -0.354 e. The Balaban J connectivity index is 1.31. The van der Waals surface area contributed by atoms with Gasteiger partial charge in [0.05, 0.1) is 34.3 Å². The highest BCUT2D eigenvalue weighted by atomic mass is 32.2. The van der Waals surface area contributed by atoms with Crippen LogP contribution in [0.5, 0.6) is 0 Å². The van der Waals surface area contributed by atoms with Gasteiger partial charge in [-0.1, -0.05) is 60.7 Å². The van der Waals surface area contributed by atoms with Crippen LogP contribution in [0.4, 0.5) is 0 Å². The van der Waals surface area contributed by atoms with E-state index in [2.05, 4.69) is 70.7 Å². The number of aromatic nitrogens is 6. The molecule has 0 atom stereocenters. The van der Waals surface area contributed by atoms with Crippen LogP contribution in [0.3, 0.4) is 0 Å². The van der Waals surface area contributed by atoms with Crippen LogP contribution in [-0.4, -0.2) is 57.4 Å². The summed E-state index contributed by atoms with van der Waals surface area (Å²) >= 11 is 0. The van der Waals surface area contributed by atoms with Crippen LogP contribution in [-0.2, 0) is 33.3 Å². The third-order valence-corrected chi connectivity index (χ3v) is 12.5. The van der Waals surface area contributed by atoms with Gasteiger partial charge in [-0.05, 0) is 70.8 Å². The van der Waals surface area contributed by atoms with Gasteiger partial charge in [-0.25, -0.2) is 19.1 Å². The Bertz CT molecular complexity index is 3060. The van der Waals surface area contributed by atoms with Crippen LogP contribution >= 0.6 is 0 Å². The summed E-state index contributed by atoms with van der Waals surface area (Å²) in [5, 5.41) is 0. The predicted octanol–water partition coefficient (Wildman–Crippen LogP) is 8.45. The largest absolute Gasteiger partial charge is 0.354 e. The van der Waals surface area contributed by atoms with Crippen molar-refractivity contribution in [2.45, 2.75) is 25.9 Å². The normalized spacial score (nSPS) is 12.5. The van der Waals surface area contributed by atoms with Crippen LogP contribution in [0.1, 0.15) is 35.6 Å². The summed E-state index contributed by atoms with van der Waals surface area (Å²) in [7, 11) is -8.14. The summed E-state index contributed by atoms with van der Waals surface area (Å²) in [6.07, 6.45) is 16.2. The molecule has 0 amide bonds. The topological polar surface area (TPSA) is 174 Å². The molecule has 62 heavy (non-hydrogen) atoms. The number of benzene rings is 2. The van der Waals surface area contributed by atoms with Gasteiger partial charge in [-0.3, -0.25) is 9.11 Å². The number of H-pyrrole nitrogens is 2. The van der Waals surface area contributed by atoms with E-state index in [1.165, 1.54) is 0 Å². The fourth-order valence-electron chi connectivity index (χ4n) is 8.04. The highest BCUT2D eigenvalue weighted by Gasteiger charge is 2.20. The Morgan fingerprint density at radius 2 is 0.710 bits per heavy atom. The highest BCUT2D eigenvalue weighted by Crippen LogP contribution is 2.38. The monoisotopic (exact) mass is 862 g/mol. The van der Waals surface area contributed by atoms with E-state index < -0.39 is 20.2 Å². The Kier molecular flexibility index (Phi) is 11.1. The second-order valence-electron chi connectivity index (χ2n) is 15.2. The molecule has 12 nitrogen and oxygen atoms in total.